The van der Waals surface area contributed by atoms with E-state index < -0.39 is 0 Å². The van der Waals surface area contributed by atoms with E-state index in [1.807, 2.05) is 6.07 Å². The van der Waals surface area contributed by atoms with Gasteiger partial charge in [0, 0.05) is 16.0 Å². The van der Waals surface area contributed by atoms with E-state index in [4.69, 9.17) is 11.6 Å². The van der Waals surface area contributed by atoms with Crippen LogP contribution in [0.4, 0.5) is 0 Å². The summed E-state index contributed by atoms with van der Waals surface area (Å²) in [6.07, 6.45) is 1.00. The molecule has 0 amide bonds. The highest BCUT2D eigenvalue weighted by Crippen LogP contribution is 2.34. The summed E-state index contributed by atoms with van der Waals surface area (Å²) in [4.78, 5) is 0. The average Bonchev–Trinajstić information content (AvgIpc) is 2.30. The Morgan fingerprint density at radius 2 is 2.06 bits per heavy atom. The van der Waals surface area contributed by atoms with Gasteiger partial charge < -0.3 is 5.32 Å². The number of benzene rings is 1. The van der Waals surface area contributed by atoms with Crippen LogP contribution in [0.3, 0.4) is 0 Å². The number of hydrogen-bond donors (Lipinski definition) is 1. The van der Waals surface area contributed by atoms with Crippen molar-refractivity contribution in [3.63, 3.8) is 0 Å². The highest BCUT2D eigenvalue weighted by Gasteiger charge is 2.28. The topological polar surface area (TPSA) is 12.0 Å². The number of hydrogen-bond acceptors (Lipinski definition) is 1. The predicted octanol–water partition coefficient (Wildman–Crippen LogP) is 4.92. The summed E-state index contributed by atoms with van der Waals surface area (Å²) in [6, 6.07) is 6.17. The van der Waals surface area contributed by atoms with E-state index in [9.17, 15) is 0 Å². The molecule has 1 unspecified atom stereocenters. The zero-order valence-corrected chi connectivity index (χ0v) is 14.0. The van der Waals surface area contributed by atoms with E-state index in [0.717, 1.165) is 29.0 Å². The summed E-state index contributed by atoms with van der Waals surface area (Å²) in [6.45, 7) is 11.1. The van der Waals surface area contributed by atoms with Crippen LogP contribution in [0.5, 0.6) is 0 Å². The molecule has 0 bridgehead atoms. The van der Waals surface area contributed by atoms with E-state index in [1.54, 1.807) is 0 Å². The summed E-state index contributed by atoms with van der Waals surface area (Å²) < 4.78 is 1.04. The molecule has 0 aliphatic rings. The van der Waals surface area contributed by atoms with Crippen LogP contribution in [-0.2, 0) is 6.42 Å². The second-order valence-electron chi connectivity index (χ2n) is 5.50. The van der Waals surface area contributed by atoms with Crippen LogP contribution in [0.2, 0.25) is 5.02 Å². The smallest absolute Gasteiger partial charge is 0.0449 e. The first kappa shape index (κ1) is 16.0. The third-order valence-electron chi connectivity index (χ3n) is 3.78. The van der Waals surface area contributed by atoms with Crippen LogP contribution in [0.15, 0.2) is 22.7 Å². The van der Waals surface area contributed by atoms with Crippen molar-refractivity contribution >= 4 is 27.5 Å². The predicted molar refractivity (Wildman–Crippen MR) is 84.3 cm³/mol. The Kier molecular flexibility index (Phi) is 6.16. The van der Waals surface area contributed by atoms with Crippen molar-refractivity contribution < 1.29 is 0 Å². The molecule has 0 saturated heterocycles. The summed E-state index contributed by atoms with van der Waals surface area (Å²) in [5, 5.41) is 4.32. The lowest BCUT2D eigenvalue weighted by Gasteiger charge is -2.34. The summed E-state index contributed by atoms with van der Waals surface area (Å²) >= 11 is 9.77. The molecular weight excluding hydrogens is 310 g/mol. The molecule has 3 heteroatoms. The van der Waals surface area contributed by atoms with E-state index in [1.165, 1.54) is 5.56 Å². The Bertz CT molecular complexity index is 392. The van der Waals surface area contributed by atoms with Crippen molar-refractivity contribution in [2.75, 3.05) is 13.1 Å². The second kappa shape index (κ2) is 6.93. The molecule has 0 saturated carbocycles. The zero-order valence-electron chi connectivity index (χ0n) is 11.7. The van der Waals surface area contributed by atoms with E-state index in [0.29, 0.717) is 5.92 Å². The van der Waals surface area contributed by atoms with Crippen LogP contribution in [0.1, 0.15) is 33.3 Å². The largest absolute Gasteiger partial charge is 0.316 e. The summed E-state index contributed by atoms with van der Waals surface area (Å²) in [7, 11) is 0. The zero-order chi connectivity index (χ0) is 13.8. The van der Waals surface area contributed by atoms with Gasteiger partial charge in [-0.3, -0.25) is 0 Å². The van der Waals surface area contributed by atoms with Crippen molar-refractivity contribution in [1.82, 2.24) is 5.32 Å². The molecule has 18 heavy (non-hydrogen) atoms. The maximum atomic E-state index is 6.32. The van der Waals surface area contributed by atoms with Crippen LogP contribution < -0.4 is 5.32 Å². The molecular formula is C15H23BrClN. The minimum absolute atomic E-state index is 0.230. The standard InChI is InChI=1S/C15H23BrClN/c1-5-18-10-15(4,11(2)3)9-12-6-7-13(16)8-14(12)17/h6-8,11,18H,5,9-10H2,1-4H3. The second-order valence-corrected chi connectivity index (χ2v) is 6.82. The molecule has 102 valence electrons. The Morgan fingerprint density at radius 1 is 1.39 bits per heavy atom. The molecule has 1 rings (SSSR count). The molecule has 1 N–H and O–H groups in total. The Labute approximate surface area is 124 Å². The molecule has 0 aliphatic heterocycles. The number of nitrogens with one attached hydrogen (secondary N) is 1. The van der Waals surface area contributed by atoms with Crippen LogP contribution >= 0.6 is 27.5 Å². The van der Waals surface area contributed by atoms with Gasteiger partial charge in [-0.15, -0.1) is 0 Å². The van der Waals surface area contributed by atoms with Gasteiger partial charge >= 0.3 is 0 Å². The molecule has 1 aromatic carbocycles. The highest BCUT2D eigenvalue weighted by molar-refractivity contribution is 9.10. The Balaban J connectivity index is 2.89. The molecule has 0 heterocycles. The van der Waals surface area contributed by atoms with Gasteiger partial charge in [0.2, 0.25) is 0 Å². The first-order valence-corrected chi connectivity index (χ1v) is 7.71. The Morgan fingerprint density at radius 3 is 2.56 bits per heavy atom. The fraction of sp³-hybridized carbons (Fsp3) is 0.600. The lowest BCUT2D eigenvalue weighted by atomic mass is 9.74. The Hall–Kier alpha value is -0.0500. The molecule has 1 atom stereocenters. The van der Waals surface area contributed by atoms with E-state index >= 15 is 0 Å². The molecule has 0 aromatic heterocycles. The van der Waals surface area contributed by atoms with Gasteiger partial charge in [0.15, 0.2) is 0 Å². The highest BCUT2D eigenvalue weighted by atomic mass is 79.9. The van der Waals surface area contributed by atoms with Gasteiger partial charge in [0.05, 0.1) is 0 Å². The quantitative estimate of drug-likeness (QED) is 0.780. The van der Waals surface area contributed by atoms with Gasteiger partial charge in [-0.25, -0.2) is 0 Å². The first-order valence-electron chi connectivity index (χ1n) is 6.53. The van der Waals surface area contributed by atoms with Crippen molar-refractivity contribution in [2.45, 2.75) is 34.1 Å². The normalized spacial score (nSPS) is 14.8. The monoisotopic (exact) mass is 331 g/mol. The molecule has 1 aromatic rings. The van der Waals surface area contributed by atoms with Gasteiger partial charge in [0.1, 0.15) is 0 Å². The van der Waals surface area contributed by atoms with Crippen molar-refractivity contribution in [1.29, 1.82) is 0 Å². The SMILES string of the molecule is CCNCC(C)(Cc1ccc(Br)cc1Cl)C(C)C. The minimum atomic E-state index is 0.230. The van der Waals surface area contributed by atoms with Gasteiger partial charge in [0.25, 0.3) is 0 Å². The number of rotatable bonds is 6. The maximum Gasteiger partial charge on any atom is 0.0449 e. The van der Waals surface area contributed by atoms with E-state index in [2.05, 4.69) is 61.1 Å². The lowest BCUT2D eigenvalue weighted by Crippen LogP contribution is -2.38. The van der Waals surface area contributed by atoms with Crippen LogP contribution in [0, 0.1) is 11.3 Å². The van der Waals surface area contributed by atoms with Crippen molar-refractivity contribution in [2.24, 2.45) is 11.3 Å². The van der Waals surface area contributed by atoms with Gasteiger partial charge in [-0.05, 0) is 42.0 Å². The summed E-state index contributed by atoms with van der Waals surface area (Å²) in [5.41, 5.74) is 1.46. The maximum absolute atomic E-state index is 6.32. The molecule has 0 aliphatic carbocycles. The third kappa shape index (κ3) is 4.25. The van der Waals surface area contributed by atoms with Crippen molar-refractivity contribution in [3.8, 4) is 0 Å². The summed E-state index contributed by atoms with van der Waals surface area (Å²) in [5.74, 6) is 0.608. The fourth-order valence-electron chi connectivity index (χ4n) is 1.98. The minimum Gasteiger partial charge on any atom is -0.316 e. The fourth-order valence-corrected chi connectivity index (χ4v) is 2.72. The van der Waals surface area contributed by atoms with Gasteiger partial charge in [-0.2, -0.15) is 0 Å². The van der Waals surface area contributed by atoms with Crippen LogP contribution in [0.25, 0.3) is 0 Å². The van der Waals surface area contributed by atoms with Crippen LogP contribution in [-0.4, -0.2) is 13.1 Å². The average molecular weight is 333 g/mol. The molecule has 0 fully saturated rings. The van der Waals surface area contributed by atoms with Crippen molar-refractivity contribution in [3.05, 3.63) is 33.3 Å². The number of halogens is 2. The van der Waals surface area contributed by atoms with Gasteiger partial charge in [-0.1, -0.05) is 61.3 Å². The molecule has 0 radical (unpaired) electrons. The van der Waals surface area contributed by atoms with E-state index in [-0.39, 0.29) is 5.41 Å². The molecule has 0 spiro atoms. The lowest BCUT2D eigenvalue weighted by molar-refractivity contribution is 0.209. The molecule has 1 nitrogen and oxygen atoms in total. The third-order valence-corrected chi connectivity index (χ3v) is 4.63. The first-order chi connectivity index (χ1) is 8.39.